The summed E-state index contributed by atoms with van der Waals surface area (Å²) in [6.07, 6.45) is 4.05. The summed E-state index contributed by atoms with van der Waals surface area (Å²) >= 11 is 1.60. The van der Waals surface area contributed by atoms with Gasteiger partial charge in [0, 0.05) is 23.9 Å². The van der Waals surface area contributed by atoms with Crippen LogP contribution in [0.2, 0.25) is 0 Å². The Bertz CT molecular complexity index is 974. The van der Waals surface area contributed by atoms with Gasteiger partial charge < -0.3 is 5.32 Å². The Balaban J connectivity index is 1.70. The maximum absolute atomic E-state index is 12.7. The van der Waals surface area contributed by atoms with Gasteiger partial charge in [0.2, 0.25) is 5.95 Å². The standard InChI is InChI=1S/C18H15N5OS/c24-13-7-3-6-11-15(13)16(12-5-1-2-9-19-12)23-18(20-11)21-17(22-23)14-8-4-10-25-14/h1-2,4-5,8-10,16H,3,6-7H2,(H,20,21,22). The summed E-state index contributed by atoms with van der Waals surface area (Å²) in [6.45, 7) is 0. The smallest absolute Gasteiger partial charge is 0.227 e. The Labute approximate surface area is 148 Å². The molecule has 25 heavy (non-hydrogen) atoms. The fourth-order valence-corrected chi connectivity index (χ4v) is 4.13. The molecule has 0 amide bonds. The number of allylic oxidation sites excluding steroid dienone is 2. The first-order valence-corrected chi connectivity index (χ1v) is 9.14. The topological polar surface area (TPSA) is 72.7 Å². The van der Waals surface area contributed by atoms with Crippen LogP contribution in [0.15, 0.2) is 53.2 Å². The number of ketones is 1. The highest BCUT2D eigenvalue weighted by atomic mass is 32.1. The number of rotatable bonds is 2. The number of hydrogen-bond donors (Lipinski definition) is 1. The number of aromatic nitrogens is 4. The summed E-state index contributed by atoms with van der Waals surface area (Å²) < 4.78 is 1.80. The molecule has 1 unspecified atom stereocenters. The maximum Gasteiger partial charge on any atom is 0.227 e. The van der Waals surface area contributed by atoms with Crippen LogP contribution in [-0.4, -0.2) is 25.5 Å². The molecule has 1 N–H and O–H groups in total. The number of nitrogens with zero attached hydrogens (tertiary/aromatic N) is 4. The highest BCUT2D eigenvalue weighted by molar-refractivity contribution is 7.13. The largest absolute Gasteiger partial charge is 0.328 e. The van der Waals surface area contributed by atoms with Crippen molar-refractivity contribution in [1.29, 1.82) is 0 Å². The zero-order valence-corrected chi connectivity index (χ0v) is 14.2. The Morgan fingerprint density at radius 1 is 1.20 bits per heavy atom. The number of Topliss-reactive ketones (excluding diaryl/α,β-unsaturated/α-hetero) is 1. The third-order valence-electron chi connectivity index (χ3n) is 4.58. The van der Waals surface area contributed by atoms with E-state index < -0.39 is 0 Å². The third-order valence-corrected chi connectivity index (χ3v) is 5.44. The molecule has 6 nitrogen and oxygen atoms in total. The van der Waals surface area contributed by atoms with Crippen LogP contribution in [0.5, 0.6) is 0 Å². The fourth-order valence-electron chi connectivity index (χ4n) is 3.48. The second kappa shape index (κ2) is 5.63. The molecule has 0 fully saturated rings. The lowest BCUT2D eigenvalue weighted by Crippen LogP contribution is -2.32. The van der Waals surface area contributed by atoms with E-state index in [-0.39, 0.29) is 11.8 Å². The van der Waals surface area contributed by atoms with Crippen molar-refractivity contribution in [3.8, 4) is 10.7 Å². The lowest BCUT2D eigenvalue weighted by atomic mass is 9.87. The van der Waals surface area contributed by atoms with Crippen LogP contribution in [0.1, 0.15) is 31.0 Å². The van der Waals surface area contributed by atoms with E-state index in [9.17, 15) is 4.79 Å². The summed E-state index contributed by atoms with van der Waals surface area (Å²) in [4.78, 5) is 22.8. The van der Waals surface area contributed by atoms with E-state index in [2.05, 4.69) is 15.3 Å². The number of anilines is 1. The second-order valence-corrected chi connectivity index (χ2v) is 7.08. The average Bonchev–Trinajstić information content (AvgIpc) is 3.30. The predicted molar refractivity (Wildman–Crippen MR) is 95.2 cm³/mol. The van der Waals surface area contributed by atoms with Crippen LogP contribution in [0.4, 0.5) is 5.95 Å². The Morgan fingerprint density at radius 2 is 2.16 bits per heavy atom. The summed E-state index contributed by atoms with van der Waals surface area (Å²) in [5.74, 6) is 1.52. The molecular weight excluding hydrogens is 334 g/mol. The lowest BCUT2D eigenvalue weighted by Gasteiger charge is -2.31. The predicted octanol–water partition coefficient (Wildman–Crippen LogP) is 3.42. The molecule has 1 aliphatic heterocycles. The quantitative estimate of drug-likeness (QED) is 0.767. The van der Waals surface area contributed by atoms with E-state index in [1.165, 1.54) is 0 Å². The van der Waals surface area contributed by atoms with Crippen molar-refractivity contribution < 1.29 is 4.79 Å². The van der Waals surface area contributed by atoms with Crippen LogP contribution in [0.25, 0.3) is 10.7 Å². The normalized spacial score (nSPS) is 19.4. The summed E-state index contributed by atoms with van der Waals surface area (Å²) in [7, 11) is 0. The SMILES string of the molecule is O=C1CCCC2=C1C(c1ccccn1)n1nc(-c3cccs3)nc1N2. The van der Waals surface area contributed by atoms with Crippen molar-refractivity contribution in [3.63, 3.8) is 0 Å². The molecule has 1 aliphatic carbocycles. The minimum absolute atomic E-state index is 0.170. The Kier molecular flexibility index (Phi) is 3.27. The lowest BCUT2D eigenvalue weighted by molar-refractivity contribution is -0.116. The van der Waals surface area contributed by atoms with Gasteiger partial charge in [-0.2, -0.15) is 4.98 Å². The van der Waals surface area contributed by atoms with Crippen molar-refractivity contribution in [2.75, 3.05) is 5.32 Å². The van der Waals surface area contributed by atoms with E-state index in [1.54, 1.807) is 22.2 Å². The highest BCUT2D eigenvalue weighted by Crippen LogP contribution is 2.40. The molecule has 7 heteroatoms. The number of fused-ring (bicyclic) bond motifs is 1. The minimum Gasteiger partial charge on any atom is -0.328 e. The molecule has 1 atom stereocenters. The second-order valence-electron chi connectivity index (χ2n) is 6.13. The number of carbonyl (C=O) groups excluding carboxylic acids is 1. The molecule has 0 aromatic carbocycles. The van der Waals surface area contributed by atoms with Crippen LogP contribution in [0.3, 0.4) is 0 Å². The van der Waals surface area contributed by atoms with Gasteiger partial charge in [0.15, 0.2) is 11.6 Å². The molecule has 124 valence electrons. The number of nitrogens with one attached hydrogen (secondary N) is 1. The molecule has 0 radical (unpaired) electrons. The summed E-state index contributed by atoms with van der Waals surface area (Å²) in [5, 5.41) is 10.0. The van der Waals surface area contributed by atoms with Gasteiger partial charge >= 0.3 is 0 Å². The van der Waals surface area contributed by atoms with Crippen molar-refractivity contribution >= 4 is 23.1 Å². The highest BCUT2D eigenvalue weighted by Gasteiger charge is 2.37. The summed E-state index contributed by atoms with van der Waals surface area (Å²) in [5.41, 5.74) is 2.56. The molecule has 3 aromatic rings. The van der Waals surface area contributed by atoms with E-state index in [0.717, 1.165) is 34.7 Å². The van der Waals surface area contributed by atoms with Gasteiger partial charge in [0.1, 0.15) is 6.04 Å². The van der Waals surface area contributed by atoms with Crippen molar-refractivity contribution in [1.82, 2.24) is 19.7 Å². The molecule has 0 spiro atoms. The molecule has 0 bridgehead atoms. The Morgan fingerprint density at radius 3 is 2.96 bits per heavy atom. The van der Waals surface area contributed by atoms with Gasteiger partial charge in [-0.3, -0.25) is 9.78 Å². The summed E-state index contributed by atoms with van der Waals surface area (Å²) in [6, 6.07) is 9.42. The van der Waals surface area contributed by atoms with Gasteiger partial charge in [0.05, 0.1) is 10.6 Å². The zero-order chi connectivity index (χ0) is 16.8. The van der Waals surface area contributed by atoms with Gasteiger partial charge in [-0.25, -0.2) is 4.68 Å². The van der Waals surface area contributed by atoms with Gasteiger partial charge in [-0.15, -0.1) is 16.4 Å². The Hall–Kier alpha value is -2.80. The van der Waals surface area contributed by atoms with Crippen LogP contribution >= 0.6 is 11.3 Å². The number of carbonyl (C=O) groups is 1. The first-order chi connectivity index (χ1) is 12.3. The van der Waals surface area contributed by atoms with Gasteiger partial charge in [-0.1, -0.05) is 12.1 Å². The van der Waals surface area contributed by atoms with Crippen molar-refractivity contribution in [2.45, 2.75) is 25.3 Å². The molecular formula is C18H15N5OS. The van der Waals surface area contributed by atoms with Crippen LogP contribution in [-0.2, 0) is 4.79 Å². The fraction of sp³-hybridized carbons (Fsp3) is 0.222. The van der Waals surface area contributed by atoms with Crippen molar-refractivity contribution in [2.24, 2.45) is 0 Å². The minimum atomic E-state index is -0.318. The molecule has 0 saturated heterocycles. The van der Waals surface area contributed by atoms with Crippen LogP contribution in [0, 0.1) is 0 Å². The molecule has 0 saturated carbocycles. The average molecular weight is 349 g/mol. The van der Waals surface area contributed by atoms with Gasteiger partial charge in [0.25, 0.3) is 0 Å². The maximum atomic E-state index is 12.7. The first-order valence-electron chi connectivity index (χ1n) is 8.26. The molecule has 5 rings (SSSR count). The zero-order valence-electron chi connectivity index (χ0n) is 13.3. The van der Waals surface area contributed by atoms with E-state index in [4.69, 9.17) is 5.10 Å². The van der Waals surface area contributed by atoms with E-state index in [0.29, 0.717) is 18.2 Å². The number of hydrogen-bond acceptors (Lipinski definition) is 6. The molecule has 3 aromatic heterocycles. The number of pyridine rings is 1. The van der Waals surface area contributed by atoms with Gasteiger partial charge in [-0.05, 0) is 36.4 Å². The van der Waals surface area contributed by atoms with Crippen LogP contribution < -0.4 is 5.32 Å². The van der Waals surface area contributed by atoms with E-state index in [1.807, 2.05) is 35.7 Å². The first kappa shape index (κ1) is 14.5. The monoisotopic (exact) mass is 349 g/mol. The third kappa shape index (κ3) is 2.31. The van der Waals surface area contributed by atoms with Crippen molar-refractivity contribution in [3.05, 3.63) is 58.9 Å². The molecule has 4 heterocycles. The molecule has 2 aliphatic rings. The number of thiophene rings is 1. The van der Waals surface area contributed by atoms with E-state index >= 15 is 0 Å².